The number of primary amides is 4. The van der Waals surface area contributed by atoms with E-state index in [4.69, 9.17) is 32.4 Å². The summed E-state index contributed by atoms with van der Waals surface area (Å²) in [6.45, 7) is 93.2. The molecule has 0 heterocycles. The van der Waals surface area contributed by atoms with Gasteiger partial charge in [-0.05, 0) is 160 Å². The first kappa shape index (κ1) is 164. The highest BCUT2D eigenvalue weighted by Gasteiger charge is 2.31. The second-order valence-corrected chi connectivity index (χ2v) is 49.0. The average molecular weight is 2260 g/mol. The van der Waals surface area contributed by atoms with Crippen molar-refractivity contribution in [3.05, 3.63) is 0 Å². The lowest BCUT2D eigenvalue weighted by molar-refractivity contribution is -0.927. The number of carbonyl (C=O) groups excluding carboxylic acids is 10. The number of unbranched alkanes of at least 4 members (excludes halogenated alkanes) is 3. The minimum atomic E-state index is -0.284. The summed E-state index contributed by atoms with van der Waals surface area (Å²) >= 11 is 10.5. The van der Waals surface area contributed by atoms with Crippen LogP contribution in [-0.4, -0.2) is 489 Å². The van der Waals surface area contributed by atoms with Crippen LogP contribution in [0.25, 0.3) is 0 Å². The van der Waals surface area contributed by atoms with Crippen LogP contribution in [0.4, 0.5) is 47.9 Å². The van der Waals surface area contributed by atoms with E-state index < -0.39 is 0 Å². The van der Waals surface area contributed by atoms with Crippen LogP contribution < -0.4 is 44.2 Å². The first-order valence-electron chi connectivity index (χ1n) is 56.3. The third-order valence-corrected chi connectivity index (χ3v) is 33.3. The van der Waals surface area contributed by atoms with Crippen LogP contribution in [0.15, 0.2) is 0 Å². The van der Waals surface area contributed by atoms with Crippen molar-refractivity contribution >= 4 is 148 Å². The maximum absolute atomic E-state index is 11.4. The molecule has 0 aliphatic rings. The quantitative estimate of drug-likeness (QED) is 0.0262. The van der Waals surface area contributed by atoms with Gasteiger partial charge in [-0.2, -0.15) is 0 Å². The van der Waals surface area contributed by atoms with Gasteiger partial charge in [0.2, 0.25) is 0 Å². The van der Waals surface area contributed by atoms with Gasteiger partial charge in [0, 0.05) is 56.4 Å². The summed E-state index contributed by atoms with van der Waals surface area (Å²) in [5.41, 5.74) is 20.3. The number of nitrogens with zero attached hydrogens (tertiary/aromatic N) is 12. The van der Waals surface area contributed by atoms with Gasteiger partial charge in [-0.1, -0.05) is 196 Å². The molecule has 3 unspecified atom stereocenters. The highest BCUT2D eigenvalue weighted by Crippen LogP contribution is 2.21. The Kier molecular flexibility index (Phi) is 116. The Morgan fingerprint density at radius 3 is 0.510 bits per heavy atom. The van der Waals surface area contributed by atoms with E-state index in [2.05, 4.69) is 230 Å². The van der Waals surface area contributed by atoms with Gasteiger partial charge in [0.1, 0.15) is 26.3 Å². The van der Waals surface area contributed by atoms with Crippen molar-refractivity contribution in [2.75, 3.05) is 380 Å². The predicted octanol–water partition coefficient (Wildman–Crippen LogP) is 21.1. The maximum Gasteiger partial charge on any atom is 0.409 e. The molecule has 0 aliphatic heterocycles. The Bertz CT molecular complexity index is 3110. The molecule has 0 rings (SSSR count). The smallest absolute Gasteiger partial charge is 0.409 e. The van der Waals surface area contributed by atoms with E-state index in [1.54, 1.807) is 56.4 Å². The fourth-order valence-electron chi connectivity index (χ4n) is 16.9. The number of nitrogens with one attached hydrogen (secondary N) is 4. The number of ether oxygens (including phenoxy) is 2. The molecule has 0 aromatic carbocycles. The van der Waals surface area contributed by atoms with Gasteiger partial charge in [0.15, 0.2) is 0 Å². The van der Waals surface area contributed by atoms with E-state index >= 15 is 0 Å². The van der Waals surface area contributed by atoms with Crippen molar-refractivity contribution in [3.8, 4) is 0 Å². The lowest BCUT2D eigenvalue weighted by atomic mass is 10.2. The van der Waals surface area contributed by atoms with Gasteiger partial charge in [-0.3, -0.25) is 38.4 Å². The van der Waals surface area contributed by atoms with Crippen molar-refractivity contribution in [1.82, 2.24) is 31.1 Å². The maximum atomic E-state index is 11.4. The fourth-order valence-corrected chi connectivity index (χ4v) is 23.2. The number of hydrogen-bond donors (Lipinski definition) is 8. The second-order valence-electron chi connectivity index (χ2n) is 40.3. The number of carbonyl (C=O) groups is 10. The number of hydrogen-bond acceptors (Lipinski definition) is 20. The van der Waals surface area contributed by atoms with E-state index in [9.17, 15) is 47.9 Å². The molecule has 10 amide bonds. The predicted molar refractivity (Wildman–Crippen MR) is 655 cm³/mol. The Morgan fingerprint density at radius 1 is 0.211 bits per heavy atom. The van der Waals surface area contributed by atoms with E-state index in [1.807, 2.05) is 0 Å². The lowest BCUT2D eigenvalue weighted by Gasteiger charge is -2.37. The van der Waals surface area contributed by atoms with Gasteiger partial charge in [-0.25, -0.2) is 9.59 Å². The molecule has 147 heavy (non-hydrogen) atoms. The molecule has 0 aromatic heterocycles. The highest BCUT2D eigenvalue weighted by molar-refractivity contribution is 8.15. The minimum absolute atomic E-state index is 0.0541. The SMILES string of the molecule is CCCC[N+](CC)(CCC)CCOC(=O)N(C)C.CCCC[N+](CC)(CCC)CCSC(=O)NC.CCCC[N+](CC)(CCC)CCSC(N)=O.CCC[N+](CC)(CCC)CCOC(=O)N(C)C.CCC[N+](CC)(CCC)CCSC(=O)NC.CCC[N+](CC)(CCC)CCSC(N)=O.CC[N+](CC)(CC)CCSC(=O)NC.CC[N+](CC)(CC)CCSC(N)=O.CNC(=O)SCC[N+](C)(C)C.C[N+](C)(C)CCSC(N)=O. The molecule has 882 valence electrons. The summed E-state index contributed by atoms with van der Waals surface area (Å²) in [6, 6.07) is 0. The molecule has 0 aromatic rings. The fraction of sp³-hybridized carbons (Fsp3) is 0.907. The molecule has 12 N–H and O–H groups in total. The molecule has 3 atom stereocenters. The van der Waals surface area contributed by atoms with E-state index in [1.165, 1.54) is 296 Å². The molecule has 0 saturated carbocycles. The molecule has 40 heteroatoms. The molecule has 0 radical (unpaired) electrons. The van der Waals surface area contributed by atoms with Crippen molar-refractivity contribution < 1.29 is 102 Å². The molecule has 0 spiro atoms. The first-order valence-corrected chi connectivity index (χ1v) is 64.2. The van der Waals surface area contributed by atoms with E-state index in [0.29, 0.717) is 13.2 Å². The topological polar surface area (TPSA) is 348 Å². The Balaban J connectivity index is -0.000000178. The molecular weight excluding hydrogens is 2010 g/mol. The second kappa shape index (κ2) is 104. The minimum Gasteiger partial charge on any atom is -0.443 e. The van der Waals surface area contributed by atoms with Gasteiger partial charge in [-0.15, -0.1) is 0 Å². The zero-order chi connectivity index (χ0) is 116. The van der Waals surface area contributed by atoms with Gasteiger partial charge < -0.3 is 108 Å². The third kappa shape index (κ3) is 98.1. The van der Waals surface area contributed by atoms with Crippen molar-refractivity contribution in [2.45, 2.75) is 262 Å². The molecule has 32 nitrogen and oxygen atoms in total. The monoisotopic (exact) mass is 2260 g/mol. The number of thioether (sulfide) groups is 8. The standard InChI is InChI=1S/C14H31N2O2.C13H29N2O2.C13H28N2OS.2C12H26N2OS.C11H24N2OS.C10H22N2OS.C9H20N2OS.C7H16N2OS.C6H14N2OS/c1-6-9-11-16(8-3,10-7-2)12-13-18-14(17)15(4)5;1-6-9-15(8-3,10-7-2)11-12-17-13(16)14(4)5;1-5-8-10-15(7-3,9-6-2)11-12-17-13(16)14-4;1-5-8-14(7-3,9-6-2)10-11-16-12(15)13-4;1-4-7-9-14(6-3,8-5-2)10-11-16-12(13)15;1-4-7-13(6-3,8-5-2)9-10-15-11(12)14;1-5-12(6-2,7-3)8-9-14-10(13)11-4;1-4-11(5-2,6-3)7-8-13-9(10)12;1-8-7(10)11-6-5-9(2,3)4;1-8(2,3)4-5-10-6(7)9/h6-13H2,1-5H3;6-12H2,1-5H3;5-12H2,1-4H3;5-11H2,1-4H3;4-11H2,1-3H3,(H-,13,15);4-10H2,1-3H3,(H-,12,14);5-9H2,1-4H3;4-8H2,1-3H3,(H-,10,12);5-6H2,1-4H3;4-5H2,1-3H3,(H-,7,9)/q2*+1;;;;;;;;/p+8. The van der Waals surface area contributed by atoms with E-state index in [0.717, 1.165) is 217 Å². The Labute approximate surface area is 940 Å². The Hall–Kier alpha value is -3.30. The summed E-state index contributed by atoms with van der Waals surface area (Å²) in [7, 11) is 26.2. The zero-order valence-corrected chi connectivity index (χ0v) is 109. The number of nitrogens with two attached hydrogens (primary N) is 4. The van der Waals surface area contributed by atoms with Crippen LogP contribution in [0.1, 0.15) is 262 Å². The largest absolute Gasteiger partial charge is 0.443 e. The summed E-state index contributed by atoms with van der Waals surface area (Å²) in [6.07, 6.45) is 17.9. The summed E-state index contributed by atoms with van der Waals surface area (Å²) in [5.74, 6) is 6.99. The number of rotatable bonds is 69. The van der Waals surface area contributed by atoms with Crippen LogP contribution in [0, 0.1) is 0 Å². The van der Waals surface area contributed by atoms with Gasteiger partial charge in [0.05, 0.1) is 298 Å². The van der Waals surface area contributed by atoms with Crippen LogP contribution in [0.2, 0.25) is 0 Å². The van der Waals surface area contributed by atoms with Crippen molar-refractivity contribution in [2.24, 2.45) is 22.9 Å². The van der Waals surface area contributed by atoms with Crippen molar-refractivity contribution in [3.63, 3.8) is 0 Å². The molecular formula is C107H244N20O12S8+10. The van der Waals surface area contributed by atoms with Crippen LogP contribution in [-0.2, 0) is 9.47 Å². The van der Waals surface area contributed by atoms with Gasteiger partial charge in [0.25, 0.3) is 41.9 Å². The summed E-state index contributed by atoms with van der Waals surface area (Å²) < 4.78 is 21.2. The van der Waals surface area contributed by atoms with Crippen LogP contribution in [0.5, 0.6) is 0 Å². The molecule has 0 saturated heterocycles. The number of quaternary nitrogens is 10. The normalized spacial score (nSPS) is 12.5. The van der Waals surface area contributed by atoms with Gasteiger partial charge >= 0.3 is 12.2 Å². The van der Waals surface area contributed by atoms with Crippen molar-refractivity contribution in [1.29, 1.82) is 0 Å². The van der Waals surface area contributed by atoms with Crippen LogP contribution >= 0.6 is 94.1 Å². The molecule has 0 fully saturated rings. The summed E-state index contributed by atoms with van der Waals surface area (Å²) in [4.78, 5) is 112. The Morgan fingerprint density at radius 2 is 0.361 bits per heavy atom. The highest BCUT2D eigenvalue weighted by atomic mass is 32.2. The average Bonchev–Trinajstić information content (AvgIpc) is 0.870. The number of likely N-dealkylation sites (N-methyl/N-ethyl adjacent to an activating group) is 2. The lowest BCUT2D eigenvalue weighted by Crippen LogP contribution is -2.51. The first-order chi connectivity index (χ1) is 69.1. The summed E-state index contributed by atoms with van der Waals surface area (Å²) in [5, 5.41) is 9.76. The zero-order valence-electron chi connectivity index (χ0n) is 103. The van der Waals surface area contributed by atoms with Crippen LogP contribution in [0.3, 0.4) is 0 Å². The molecule has 0 bridgehead atoms. The number of amides is 10. The van der Waals surface area contributed by atoms with E-state index in [-0.39, 0.29) is 54.1 Å². The molecule has 0 aliphatic carbocycles. The third-order valence-electron chi connectivity index (χ3n) is 27.2.